The Morgan fingerprint density at radius 1 is 0.412 bits per heavy atom. The topological polar surface area (TPSA) is 108 Å². The number of unbranched alkanes of at least 4 members (excludes halogenated alkanes) is 20. The number of aliphatic imine (C=N–C) groups is 1. The van der Waals surface area contributed by atoms with Crippen molar-refractivity contribution in [3.05, 3.63) is 138 Å². The molecule has 0 aromatic heterocycles. The number of ether oxygens (including phenoxy) is 4. The summed E-state index contributed by atoms with van der Waals surface area (Å²) in [5.41, 5.74) is 3.45. The molecule has 5 rings (SSSR count). The van der Waals surface area contributed by atoms with Gasteiger partial charge in [-0.3, -0.25) is 4.99 Å². The van der Waals surface area contributed by atoms with Crippen LogP contribution in [0.4, 0.5) is 17.1 Å². The summed E-state index contributed by atoms with van der Waals surface area (Å²) in [6.07, 6.45) is 29.7. The summed E-state index contributed by atoms with van der Waals surface area (Å²) < 4.78 is 23.7. The summed E-state index contributed by atoms with van der Waals surface area (Å²) in [5.74, 6) is 0.366. The van der Waals surface area contributed by atoms with Crippen molar-refractivity contribution < 1.29 is 28.5 Å². The van der Waals surface area contributed by atoms with E-state index in [1.165, 1.54) is 116 Å². The van der Waals surface area contributed by atoms with Gasteiger partial charge in [-0.15, -0.1) is 0 Å². The number of carbonyl (C=O) groups is 2. The number of benzene rings is 5. The molecule has 0 fully saturated rings. The molecule has 0 atom stereocenters. The second kappa shape index (κ2) is 32.6. The van der Waals surface area contributed by atoms with Gasteiger partial charge in [-0.2, -0.15) is 10.2 Å². The van der Waals surface area contributed by atoms with E-state index in [0.717, 1.165) is 31.4 Å². The smallest absolute Gasteiger partial charge is 0.343 e. The van der Waals surface area contributed by atoms with Gasteiger partial charge in [0.15, 0.2) is 11.5 Å². The average Bonchev–Trinajstić information content (AvgIpc) is 3.37. The van der Waals surface area contributed by atoms with Crippen LogP contribution in [0.25, 0.3) is 0 Å². The number of esters is 2. The predicted molar refractivity (Wildman–Crippen MR) is 277 cm³/mol. The van der Waals surface area contributed by atoms with E-state index in [1.54, 1.807) is 72.9 Å². The standard InChI is InChI=1S/C59H75N3O6/c1-3-5-7-9-11-13-15-17-19-21-26-44-65-54-39-31-49(32-40-54)58(63)67-56-43-30-48(47-60-51-35-37-53(38-36-51)62-61-52-28-24-23-25-29-52)46-57(56)68-59(64)50-33-41-55(42-34-50)66-45-27-22-20-18-16-14-12-10-8-6-4-2/h23-25,28-43,46-47H,3-22,26-27,44-45H2,1-2H3. The van der Waals surface area contributed by atoms with Gasteiger partial charge in [-0.05, 0) is 122 Å². The van der Waals surface area contributed by atoms with Gasteiger partial charge in [0.05, 0.1) is 41.4 Å². The third-order valence-electron chi connectivity index (χ3n) is 11.8. The molecule has 0 saturated carbocycles. The molecule has 0 heterocycles. The van der Waals surface area contributed by atoms with Crippen LogP contribution in [0, 0.1) is 0 Å². The van der Waals surface area contributed by atoms with Gasteiger partial charge in [0.25, 0.3) is 0 Å². The van der Waals surface area contributed by atoms with Crippen molar-refractivity contribution in [2.24, 2.45) is 15.2 Å². The number of carbonyl (C=O) groups excluding carboxylic acids is 2. The monoisotopic (exact) mass is 922 g/mol. The highest BCUT2D eigenvalue weighted by atomic mass is 16.6. The third kappa shape index (κ3) is 21.3. The first-order chi connectivity index (χ1) is 33.5. The first kappa shape index (κ1) is 52.9. The maximum absolute atomic E-state index is 13.6. The second-order valence-electron chi connectivity index (χ2n) is 17.6. The SMILES string of the molecule is CCCCCCCCCCCCCOc1ccc(C(=O)Oc2ccc(C=Nc3ccc(N=Nc4ccccc4)cc3)cc2OC(=O)c2ccc(OCCCCCCCCCCCCC)cc2)cc1. The number of hydrogen-bond donors (Lipinski definition) is 0. The van der Waals surface area contributed by atoms with E-state index in [-0.39, 0.29) is 11.5 Å². The highest BCUT2D eigenvalue weighted by Gasteiger charge is 2.18. The zero-order chi connectivity index (χ0) is 47.7. The zero-order valence-electron chi connectivity index (χ0n) is 40.9. The van der Waals surface area contributed by atoms with Gasteiger partial charge in [0.1, 0.15) is 11.5 Å². The number of nitrogens with zero attached hydrogens (tertiary/aromatic N) is 3. The quantitative estimate of drug-likeness (QED) is 0.0134. The Morgan fingerprint density at radius 3 is 1.26 bits per heavy atom. The van der Waals surface area contributed by atoms with E-state index in [0.29, 0.717) is 52.8 Å². The molecule has 9 heteroatoms. The zero-order valence-corrected chi connectivity index (χ0v) is 40.9. The Balaban J connectivity index is 1.14. The van der Waals surface area contributed by atoms with Gasteiger partial charge in [-0.1, -0.05) is 160 Å². The van der Waals surface area contributed by atoms with E-state index in [2.05, 4.69) is 29.1 Å². The molecule has 5 aromatic carbocycles. The first-order valence-electron chi connectivity index (χ1n) is 25.7. The Hall–Kier alpha value is -6.09. The lowest BCUT2D eigenvalue weighted by Crippen LogP contribution is -2.13. The largest absolute Gasteiger partial charge is 0.494 e. The normalized spacial score (nSPS) is 11.3. The van der Waals surface area contributed by atoms with Crippen LogP contribution < -0.4 is 18.9 Å². The van der Waals surface area contributed by atoms with Gasteiger partial charge < -0.3 is 18.9 Å². The molecule has 0 aliphatic carbocycles. The maximum Gasteiger partial charge on any atom is 0.343 e. The molecule has 5 aromatic rings. The summed E-state index contributed by atoms with van der Waals surface area (Å²) >= 11 is 0. The van der Waals surface area contributed by atoms with Crippen molar-refractivity contribution in [2.45, 2.75) is 155 Å². The van der Waals surface area contributed by atoms with Crippen LogP contribution in [0.2, 0.25) is 0 Å². The van der Waals surface area contributed by atoms with E-state index in [4.69, 9.17) is 18.9 Å². The fourth-order valence-corrected chi connectivity index (χ4v) is 7.74. The summed E-state index contributed by atoms with van der Waals surface area (Å²) in [4.78, 5) is 31.7. The first-order valence-corrected chi connectivity index (χ1v) is 25.7. The summed E-state index contributed by atoms with van der Waals surface area (Å²) in [7, 11) is 0. The van der Waals surface area contributed by atoms with Crippen LogP contribution in [-0.2, 0) is 0 Å². The lowest BCUT2D eigenvalue weighted by atomic mass is 10.1. The van der Waals surface area contributed by atoms with Crippen molar-refractivity contribution >= 4 is 35.2 Å². The van der Waals surface area contributed by atoms with Gasteiger partial charge in [-0.25, -0.2) is 9.59 Å². The molecule has 0 aliphatic heterocycles. The number of rotatable bonds is 34. The van der Waals surface area contributed by atoms with Crippen LogP contribution >= 0.6 is 0 Å². The molecule has 362 valence electrons. The number of azo groups is 1. The van der Waals surface area contributed by atoms with Crippen LogP contribution in [0.1, 0.15) is 181 Å². The lowest BCUT2D eigenvalue weighted by molar-refractivity contribution is 0.0682. The summed E-state index contributed by atoms with van der Waals surface area (Å²) in [6, 6.07) is 35.7. The minimum absolute atomic E-state index is 0.0766. The highest BCUT2D eigenvalue weighted by Crippen LogP contribution is 2.31. The summed E-state index contributed by atoms with van der Waals surface area (Å²) in [5, 5.41) is 8.58. The van der Waals surface area contributed by atoms with E-state index in [1.807, 2.05) is 54.6 Å². The van der Waals surface area contributed by atoms with E-state index < -0.39 is 11.9 Å². The lowest BCUT2D eigenvalue weighted by Gasteiger charge is -2.12. The minimum Gasteiger partial charge on any atom is -0.494 e. The minimum atomic E-state index is -0.604. The Kier molecular flexibility index (Phi) is 25.3. The van der Waals surface area contributed by atoms with Crippen molar-refractivity contribution in [2.75, 3.05) is 13.2 Å². The van der Waals surface area contributed by atoms with Crippen LogP contribution in [0.5, 0.6) is 23.0 Å². The van der Waals surface area contributed by atoms with Crippen LogP contribution in [-0.4, -0.2) is 31.4 Å². The van der Waals surface area contributed by atoms with Crippen LogP contribution in [0.3, 0.4) is 0 Å². The summed E-state index contributed by atoms with van der Waals surface area (Å²) in [6.45, 7) is 5.78. The van der Waals surface area contributed by atoms with Crippen molar-refractivity contribution in [3.8, 4) is 23.0 Å². The predicted octanol–water partition coefficient (Wildman–Crippen LogP) is 17.7. The molecule has 0 N–H and O–H groups in total. The average molecular weight is 922 g/mol. The van der Waals surface area contributed by atoms with E-state index >= 15 is 0 Å². The van der Waals surface area contributed by atoms with Gasteiger partial charge in [0, 0.05) is 6.21 Å². The Bertz CT molecular complexity index is 2210. The maximum atomic E-state index is 13.6. The third-order valence-corrected chi connectivity index (χ3v) is 11.8. The second-order valence-corrected chi connectivity index (χ2v) is 17.6. The van der Waals surface area contributed by atoms with Crippen LogP contribution in [0.15, 0.2) is 137 Å². The highest BCUT2D eigenvalue weighted by molar-refractivity contribution is 5.94. The van der Waals surface area contributed by atoms with E-state index in [9.17, 15) is 9.59 Å². The molecular formula is C59H75N3O6. The van der Waals surface area contributed by atoms with Crippen molar-refractivity contribution in [1.82, 2.24) is 0 Å². The fourth-order valence-electron chi connectivity index (χ4n) is 7.74. The molecule has 0 radical (unpaired) electrons. The molecule has 0 amide bonds. The van der Waals surface area contributed by atoms with Gasteiger partial charge >= 0.3 is 11.9 Å². The number of hydrogen-bond acceptors (Lipinski definition) is 9. The molecule has 0 spiro atoms. The fraction of sp³-hybridized carbons (Fsp3) is 0.441. The van der Waals surface area contributed by atoms with Gasteiger partial charge in [0.2, 0.25) is 0 Å². The van der Waals surface area contributed by atoms with Crippen molar-refractivity contribution in [3.63, 3.8) is 0 Å². The molecular weight excluding hydrogens is 847 g/mol. The molecule has 0 unspecified atom stereocenters. The molecule has 0 aliphatic rings. The molecule has 0 saturated heterocycles. The Labute approximate surface area is 406 Å². The molecule has 9 nitrogen and oxygen atoms in total. The Morgan fingerprint density at radius 2 is 0.809 bits per heavy atom. The molecule has 0 bridgehead atoms. The van der Waals surface area contributed by atoms with Crippen molar-refractivity contribution in [1.29, 1.82) is 0 Å². The molecule has 68 heavy (non-hydrogen) atoms.